The minimum absolute atomic E-state index is 0.176. The highest BCUT2D eigenvalue weighted by Gasteiger charge is 2.17. The maximum Gasteiger partial charge on any atom is 0.257 e. The fourth-order valence-electron chi connectivity index (χ4n) is 2.75. The highest BCUT2D eigenvalue weighted by Crippen LogP contribution is 2.17. The van der Waals surface area contributed by atoms with Crippen molar-refractivity contribution in [2.75, 3.05) is 13.2 Å². The number of ether oxygens (including phenoxy) is 2. The number of hydrogen-bond acceptors (Lipinski definition) is 5. The van der Waals surface area contributed by atoms with Crippen molar-refractivity contribution in [1.29, 1.82) is 0 Å². The van der Waals surface area contributed by atoms with Gasteiger partial charge in [0.15, 0.2) is 0 Å². The Bertz CT molecular complexity index is 668. The highest BCUT2D eigenvalue weighted by atomic mass is 16.5. The first-order valence-corrected chi connectivity index (χ1v) is 8.18. The molecule has 1 aromatic heterocycles. The number of amides is 1. The summed E-state index contributed by atoms with van der Waals surface area (Å²) in [4.78, 5) is 12.2. The summed E-state index contributed by atoms with van der Waals surface area (Å²) < 4.78 is 16.3. The molecule has 0 unspecified atom stereocenters. The smallest absolute Gasteiger partial charge is 0.257 e. The lowest BCUT2D eigenvalue weighted by Gasteiger charge is -2.12. The Labute approximate surface area is 141 Å². The molecule has 0 radical (unpaired) electrons. The van der Waals surface area contributed by atoms with E-state index in [1.807, 2.05) is 24.3 Å². The van der Waals surface area contributed by atoms with Crippen molar-refractivity contribution < 1.29 is 18.8 Å². The van der Waals surface area contributed by atoms with Crippen molar-refractivity contribution in [2.45, 2.75) is 39.3 Å². The zero-order valence-corrected chi connectivity index (χ0v) is 14.0. The topological polar surface area (TPSA) is 73.6 Å². The third-order valence-electron chi connectivity index (χ3n) is 4.10. The van der Waals surface area contributed by atoms with Crippen LogP contribution in [-0.2, 0) is 11.3 Å². The molecular formula is C18H22N2O4. The van der Waals surface area contributed by atoms with Crippen LogP contribution in [0.5, 0.6) is 5.75 Å². The number of carbonyl (C=O) groups is 1. The van der Waals surface area contributed by atoms with E-state index in [0.717, 1.165) is 30.8 Å². The van der Waals surface area contributed by atoms with Crippen molar-refractivity contribution in [1.82, 2.24) is 10.5 Å². The quantitative estimate of drug-likeness (QED) is 0.881. The standard InChI is InChI=1S/C18H22N2O4/c1-12-17(13(2)24-20-12)18(21)19-10-14-5-7-15(8-6-14)23-11-16-4-3-9-22-16/h5-8,16H,3-4,9-11H2,1-2H3,(H,19,21)/t16-/m1/s1. The van der Waals surface area contributed by atoms with Crippen LogP contribution in [-0.4, -0.2) is 30.4 Å². The summed E-state index contributed by atoms with van der Waals surface area (Å²) in [7, 11) is 0. The number of nitrogens with zero attached hydrogens (tertiary/aromatic N) is 1. The van der Waals surface area contributed by atoms with E-state index in [1.54, 1.807) is 13.8 Å². The normalized spacial score (nSPS) is 17.0. The van der Waals surface area contributed by atoms with Crippen LogP contribution in [0.3, 0.4) is 0 Å². The lowest BCUT2D eigenvalue weighted by molar-refractivity contribution is 0.0679. The van der Waals surface area contributed by atoms with E-state index in [2.05, 4.69) is 10.5 Å². The van der Waals surface area contributed by atoms with Crippen molar-refractivity contribution >= 4 is 5.91 Å². The number of benzene rings is 1. The van der Waals surface area contributed by atoms with Gasteiger partial charge >= 0.3 is 0 Å². The number of aromatic nitrogens is 1. The molecule has 1 atom stereocenters. The minimum atomic E-state index is -0.176. The third kappa shape index (κ3) is 3.94. The molecule has 1 aromatic carbocycles. The highest BCUT2D eigenvalue weighted by molar-refractivity contribution is 5.96. The predicted octanol–water partition coefficient (Wildman–Crippen LogP) is 2.78. The van der Waals surface area contributed by atoms with E-state index < -0.39 is 0 Å². The molecule has 3 rings (SSSR count). The average molecular weight is 330 g/mol. The second kappa shape index (κ2) is 7.49. The van der Waals surface area contributed by atoms with Gasteiger partial charge < -0.3 is 19.3 Å². The largest absolute Gasteiger partial charge is 0.491 e. The summed E-state index contributed by atoms with van der Waals surface area (Å²) in [5.74, 6) is 1.17. The lowest BCUT2D eigenvalue weighted by Crippen LogP contribution is -2.23. The first-order chi connectivity index (χ1) is 11.6. The number of rotatable bonds is 6. The molecule has 24 heavy (non-hydrogen) atoms. The molecule has 1 saturated heterocycles. The Morgan fingerprint density at radius 1 is 1.33 bits per heavy atom. The van der Waals surface area contributed by atoms with Crippen LogP contribution < -0.4 is 10.1 Å². The van der Waals surface area contributed by atoms with Crippen LogP contribution in [0.4, 0.5) is 0 Å². The summed E-state index contributed by atoms with van der Waals surface area (Å²) in [6.45, 7) is 5.34. The van der Waals surface area contributed by atoms with E-state index in [0.29, 0.717) is 30.2 Å². The fraction of sp³-hybridized carbons (Fsp3) is 0.444. The van der Waals surface area contributed by atoms with E-state index in [9.17, 15) is 4.79 Å². The van der Waals surface area contributed by atoms with Gasteiger partial charge in [0.05, 0.1) is 11.8 Å². The third-order valence-corrected chi connectivity index (χ3v) is 4.10. The summed E-state index contributed by atoms with van der Waals surface area (Å²) in [6, 6.07) is 7.70. The number of carbonyl (C=O) groups excluding carboxylic acids is 1. The van der Waals surface area contributed by atoms with Crippen molar-refractivity contribution in [3.8, 4) is 5.75 Å². The predicted molar refractivity (Wildman–Crippen MR) is 88.1 cm³/mol. The number of aryl methyl sites for hydroxylation is 2. The summed E-state index contributed by atoms with van der Waals surface area (Å²) in [5.41, 5.74) is 2.11. The van der Waals surface area contributed by atoms with Gasteiger partial charge in [-0.25, -0.2) is 0 Å². The maximum absolute atomic E-state index is 12.2. The van der Waals surface area contributed by atoms with Crippen molar-refractivity contribution in [2.24, 2.45) is 0 Å². The SMILES string of the molecule is Cc1noc(C)c1C(=O)NCc1ccc(OC[C@H]2CCCO2)cc1. The van der Waals surface area contributed by atoms with Crippen LogP contribution in [0.15, 0.2) is 28.8 Å². The van der Waals surface area contributed by atoms with Gasteiger partial charge in [0, 0.05) is 13.2 Å². The van der Waals surface area contributed by atoms with Gasteiger partial charge in [0.1, 0.15) is 23.7 Å². The molecule has 0 bridgehead atoms. The Kier molecular flexibility index (Phi) is 5.15. The molecule has 0 spiro atoms. The van der Waals surface area contributed by atoms with Crippen LogP contribution in [0.25, 0.3) is 0 Å². The first-order valence-electron chi connectivity index (χ1n) is 8.18. The van der Waals surface area contributed by atoms with Gasteiger partial charge in [-0.1, -0.05) is 17.3 Å². The Balaban J connectivity index is 1.50. The zero-order chi connectivity index (χ0) is 16.9. The Morgan fingerprint density at radius 3 is 2.75 bits per heavy atom. The van der Waals surface area contributed by atoms with E-state index >= 15 is 0 Å². The zero-order valence-electron chi connectivity index (χ0n) is 14.0. The van der Waals surface area contributed by atoms with Gasteiger partial charge in [-0.05, 0) is 44.4 Å². The van der Waals surface area contributed by atoms with Gasteiger partial charge in [-0.3, -0.25) is 4.79 Å². The Morgan fingerprint density at radius 2 is 2.12 bits per heavy atom. The Hall–Kier alpha value is -2.34. The molecule has 0 aliphatic carbocycles. The van der Waals surface area contributed by atoms with Gasteiger partial charge in [-0.15, -0.1) is 0 Å². The number of nitrogens with one attached hydrogen (secondary N) is 1. The van der Waals surface area contributed by atoms with Gasteiger partial charge in [0.25, 0.3) is 5.91 Å². The molecule has 6 nitrogen and oxygen atoms in total. The summed E-state index contributed by atoms with van der Waals surface area (Å²) in [5, 5.41) is 6.67. The molecule has 1 fully saturated rings. The molecule has 1 amide bonds. The first kappa shape index (κ1) is 16.5. The minimum Gasteiger partial charge on any atom is -0.491 e. The molecule has 1 aliphatic rings. The van der Waals surface area contributed by atoms with E-state index in [-0.39, 0.29) is 12.0 Å². The molecule has 1 aliphatic heterocycles. The van der Waals surface area contributed by atoms with Crippen molar-refractivity contribution in [3.05, 3.63) is 46.8 Å². The monoisotopic (exact) mass is 330 g/mol. The maximum atomic E-state index is 12.2. The summed E-state index contributed by atoms with van der Waals surface area (Å²) in [6.07, 6.45) is 2.38. The van der Waals surface area contributed by atoms with E-state index in [1.165, 1.54) is 0 Å². The average Bonchev–Trinajstić information content (AvgIpc) is 3.22. The second-order valence-corrected chi connectivity index (χ2v) is 5.97. The molecule has 2 aromatic rings. The van der Waals surface area contributed by atoms with E-state index in [4.69, 9.17) is 14.0 Å². The van der Waals surface area contributed by atoms with Crippen molar-refractivity contribution in [3.63, 3.8) is 0 Å². The van der Waals surface area contributed by atoms with Crippen LogP contribution in [0.1, 0.15) is 40.2 Å². The molecule has 0 saturated carbocycles. The van der Waals surface area contributed by atoms with Gasteiger partial charge in [0.2, 0.25) is 0 Å². The second-order valence-electron chi connectivity index (χ2n) is 5.97. The summed E-state index contributed by atoms with van der Waals surface area (Å²) >= 11 is 0. The molecule has 128 valence electrons. The molecule has 6 heteroatoms. The van der Waals surface area contributed by atoms with Crippen LogP contribution in [0, 0.1) is 13.8 Å². The fourth-order valence-corrected chi connectivity index (χ4v) is 2.75. The van der Waals surface area contributed by atoms with Crippen LogP contribution >= 0.6 is 0 Å². The molecular weight excluding hydrogens is 308 g/mol. The molecule has 1 N–H and O–H groups in total. The van der Waals surface area contributed by atoms with Gasteiger partial charge in [-0.2, -0.15) is 0 Å². The number of hydrogen-bond donors (Lipinski definition) is 1. The lowest BCUT2D eigenvalue weighted by atomic mass is 10.1. The van der Waals surface area contributed by atoms with Crippen LogP contribution in [0.2, 0.25) is 0 Å². The molecule has 2 heterocycles.